The van der Waals surface area contributed by atoms with E-state index < -0.39 is 6.16 Å². The summed E-state index contributed by atoms with van der Waals surface area (Å²) in [6.45, 7) is 6.06. The minimum Gasteiger partial charge on any atom is -0.450 e. The Morgan fingerprint density at radius 3 is 2.86 bits per heavy atom. The molecule has 0 unspecified atom stereocenters. The molecular formula is C21H25Cl2N3O3. The van der Waals surface area contributed by atoms with Crippen molar-refractivity contribution in [2.45, 2.75) is 45.4 Å². The Balaban J connectivity index is 1.69. The number of aromatic nitrogens is 1. The number of rotatable bonds is 7. The molecule has 0 spiro atoms. The van der Waals surface area contributed by atoms with Gasteiger partial charge in [0.15, 0.2) is 0 Å². The molecule has 1 aromatic carbocycles. The van der Waals surface area contributed by atoms with Crippen LogP contribution in [0.3, 0.4) is 0 Å². The first-order valence-electron chi connectivity index (χ1n) is 9.64. The summed E-state index contributed by atoms with van der Waals surface area (Å²) in [5, 5.41) is 13.6. The van der Waals surface area contributed by atoms with Crippen LogP contribution in [0.2, 0.25) is 10.0 Å². The second-order valence-electron chi connectivity index (χ2n) is 7.30. The van der Waals surface area contributed by atoms with E-state index in [0.29, 0.717) is 24.5 Å². The number of anilines is 1. The van der Waals surface area contributed by atoms with Crippen molar-refractivity contribution in [2.24, 2.45) is 0 Å². The number of pyridine rings is 1. The molecule has 6 nitrogen and oxygen atoms in total. The SMILES string of the molecule is CC[C@@H](Nc1cc(CN2CC[C@@H](OC(=O)O)C2)c(Cl)cn1)c1ccc(Cl)c(C)c1. The smallest absolute Gasteiger partial charge is 0.450 e. The highest BCUT2D eigenvalue weighted by atomic mass is 35.5. The van der Waals surface area contributed by atoms with E-state index in [1.165, 1.54) is 0 Å². The number of hydrogen-bond acceptors (Lipinski definition) is 5. The molecule has 0 radical (unpaired) electrons. The van der Waals surface area contributed by atoms with Gasteiger partial charge in [-0.15, -0.1) is 0 Å². The molecule has 29 heavy (non-hydrogen) atoms. The van der Waals surface area contributed by atoms with Crippen LogP contribution in [0.4, 0.5) is 10.6 Å². The van der Waals surface area contributed by atoms with Gasteiger partial charge in [-0.2, -0.15) is 0 Å². The van der Waals surface area contributed by atoms with E-state index in [-0.39, 0.29) is 12.1 Å². The van der Waals surface area contributed by atoms with Crippen molar-refractivity contribution >= 4 is 35.2 Å². The summed E-state index contributed by atoms with van der Waals surface area (Å²) >= 11 is 12.5. The van der Waals surface area contributed by atoms with E-state index in [9.17, 15) is 4.79 Å². The Morgan fingerprint density at radius 2 is 2.17 bits per heavy atom. The van der Waals surface area contributed by atoms with Crippen LogP contribution in [0.1, 0.15) is 42.5 Å². The van der Waals surface area contributed by atoms with Gasteiger partial charge in [0, 0.05) is 30.9 Å². The standard InChI is InChI=1S/C21H25Cl2N3O3/c1-3-19(14-4-5-17(22)13(2)8-14)25-20-9-15(18(23)10-24-20)11-26-7-6-16(12-26)29-21(27)28/h4-5,8-10,16,19H,3,6-7,11-12H2,1-2H3,(H,24,25)(H,27,28)/t16-,19-/m1/s1. The van der Waals surface area contributed by atoms with E-state index >= 15 is 0 Å². The van der Waals surface area contributed by atoms with Crippen molar-refractivity contribution in [3.8, 4) is 0 Å². The largest absolute Gasteiger partial charge is 0.506 e. The molecule has 156 valence electrons. The van der Waals surface area contributed by atoms with Crippen LogP contribution < -0.4 is 5.32 Å². The second kappa shape index (κ2) is 9.65. The lowest BCUT2D eigenvalue weighted by atomic mass is 10.0. The monoisotopic (exact) mass is 437 g/mol. The molecule has 1 fully saturated rings. The number of benzene rings is 1. The highest BCUT2D eigenvalue weighted by molar-refractivity contribution is 6.31. The highest BCUT2D eigenvalue weighted by Gasteiger charge is 2.26. The number of aryl methyl sites for hydroxylation is 1. The number of halogens is 2. The lowest BCUT2D eigenvalue weighted by Gasteiger charge is -2.21. The van der Waals surface area contributed by atoms with Crippen molar-refractivity contribution in [1.82, 2.24) is 9.88 Å². The van der Waals surface area contributed by atoms with Crippen molar-refractivity contribution in [3.05, 3.63) is 57.2 Å². The molecule has 1 aromatic heterocycles. The number of hydrogen-bond donors (Lipinski definition) is 2. The zero-order valence-corrected chi connectivity index (χ0v) is 18.0. The Kier molecular flexibility index (Phi) is 7.22. The van der Waals surface area contributed by atoms with Crippen LogP contribution in [0.5, 0.6) is 0 Å². The van der Waals surface area contributed by atoms with Gasteiger partial charge in [-0.1, -0.05) is 42.3 Å². The zero-order valence-electron chi connectivity index (χ0n) is 16.5. The topological polar surface area (TPSA) is 74.7 Å². The summed E-state index contributed by atoms with van der Waals surface area (Å²) < 4.78 is 4.88. The molecule has 1 saturated heterocycles. The fourth-order valence-corrected chi connectivity index (χ4v) is 3.87. The number of ether oxygens (including phenoxy) is 1. The summed E-state index contributed by atoms with van der Waals surface area (Å²) in [5.41, 5.74) is 3.14. The van der Waals surface area contributed by atoms with Crippen molar-refractivity contribution < 1.29 is 14.6 Å². The zero-order chi connectivity index (χ0) is 21.0. The quantitative estimate of drug-likeness (QED) is 0.554. The molecule has 0 aliphatic carbocycles. The number of carboxylic acid groups (broad SMARTS) is 1. The van der Waals surface area contributed by atoms with Gasteiger partial charge in [-0.3, -0.25) is 4.90 Å². The molecule has 1 aliphatic rings. The minimum absolute atomic E-state index is 0.104. The Hall–Kier alpha value is -2.02. The average Bonchev–Trinajstić information content (AvgIpc) is 3.10. The van der Waals surface area contributed by atoms with E-state index in [1.807, 2.05) is 25.1 Å². The molecule has 2 N–H and O–H groups in total. The van der Waals surface area contributed by atoms with Gasteiger partial charge >= 0.3 is 6.16 Å². The van der Waals surface area contributed by atoms with Gasteiger partial charge in [0.05, 0.1) is 11.1 Å². The number of nitrogens with zero attached hydrogens (tertiary/aromatic N) is 2. The van der Waals surface area contributed by atoms with Gasteiger partial charge in [0.1, 0.15) is 11.9 Å². The molecule has 0 amide bonds. The molecule has 0 bridgehead atoms. The summed E-state index contributed by atoms with van der Waals surface area (Å²) in [7, 11) is 0. The average molecular weight is 438 g/mol. The lowest BCUT2D eigenvalue weighted by Crippen LogP contribution is -2.24. The van der Waals surface area contributed by atoms with Gasteiger partial charge in [0.25, 0.3) is 0 Å². The van der Waals surface area contributed by atoms with Crippen LogP contribution in [-0.4, -0.2) is 40.3 Å². The van der Waals surface area contributed by atoms with E-state index in [2.05, 4.69) is 28.2 Å². The summed E-state index contributed by atoms with van der Waals surface area (Å²) in [5.74, 6) is 0.751. The van der Waals surface area contributed by atoms with Gasteiger partial charge in [-0.05, 0) is 48.6 Å². The van der Waals surface area contributed by atoms with Crippen LogP contribution in [0, 0.1) is 6.92 Å². The lowest BCUT2D eigenvalue weighted by molar-refractivity contribution is 0.0548. The normalized spacial score (nSPS) is 17.9. The van der Waals surface area contributed by atoms with Crippen LogP contribution in [-0.2, 0) is 11.3 Å². The number of carbonyl (C=O) groups is 1. The molecule has 1 aliphatic heterocycles. The summed E-state index contributed by atoms with van der Waals surface area (Å²) in [6, 6.07) is 8.10. The maximum atomic E-state index is 10.7. The first-order chi connectivity index (χ1) is 13.9. The van der Waals surface area contributed by atoms with Crippen molar-refractivity contribution in [1.29, 1.82) is 0 Å². The Bertz CT molecular complexity index is 878. The fraction of sp³-hybridized carbons (Fsp3) is 0.429. The number of nitrogens with one attached hydrogen (secondary N) is 1. The van der Waals surface area contributed by atoms with Crippen LogP contribution >= 0.6 is 23.2 Å². The Labute approximate surface area is 180 Å². The number of likely N-dealkylation sites (tertiary alicyclic amines) is 1. The fourth-order valence-electron chi connectivity index (χ4n) is 3.59. The first-order valence-corrected chi connectivity index (χ1v) is 10.4. The third-order valence-corrected chi connectivity index (χ3v) is 5.90. The van der Waals surface area contributed by atoms with E-state index in [1.54, 1.807) is 6.20 Å². The Morgan fingerprint density at radius 1 is 1.38 bits per heavy atom. The predicted molar refractivity (Wildman–Crippen MR) is 115 cm³/mol. The van der Waals surface area contributed by atoms with Crippen molar-refractivity contribution in [3.63, 3.8) is 0 Å². The third-order valence-electron chi connectivity index (χ3n) is 5.14. The van der Waals surface area contributed by atoms with Crippen LogP contribution in [0.15, 0.2) is 30.5 Å². The second-order valence-corrected chi connectivity index (χ2v) is 8.12. The predicted octanol–water partition coefficient (Wildman–Crippen LogP) is 5.53. The summed E-state index contributed by atoms with van der Waals surface area (Å²) in [6.07, 6.45) is 1.71. The maximum absolute atomic E-state index is 10.7. The molecule has 2 heterocycles. The molecule has 0 saturated carbocycles. The first kappa shape index (κ1) is 21.7. The molecule has 3 rings (SSSR count). The van der Waals surface area contributed by atoms with Gasteiger partial charge in [0.2, 0.25) is 0 Å². The van der Waals surface area contributed by atoms with Gasteiger partial charge in [-0.25, -0.2) is 9.78 Å². The molecule has 8 heteroatoms. The molecule has 2 aromatic rings. The molecular weight excluding hydrogens is 413 g/mol. The van der Waals surface area contributed by atoms with E-state index in [4.69, 9.17) is 33.0 Å². The maximum Gasteiger partial charge on any atom is 0.506 e. The highest BCUT2D eigenvalue weighted by Crippen LogP contribution is 2.28. The third kappa shape index (κ3) is 5.75. The van der Waals surface area contributed by atoms with Crippen molar-refractivity contribution in [2.75, 3.05) is 18.4 Å². The van der Waals surface area contributed by atoms with E-state index in [0.717, 1.165) is 40.5 Å². The summed E-state index contributed by atoms with van der Waals surface area (Å²) in [4.78, 5) is 17.3. The molecule has 2 atom stereocenters. The minimum atomic E-state index is -1.23. The van der Waals surface area contributed by atoms with Crippen LogP contribution in [0.25, 0.3) is 0 Å². The van der Waals surface area contributed by atoms with Gasteiger partial charge < -0.3 is 15.2 Å².